The van der Waals surface area contributed by atoms with Crippen LogP contribution in [0.1, 0.15) is 56.4 Å². The summed E-state index contributed by atoms with van der Waals surface area (Å²) < 4.78 is 11.5. The van der Waals surface area contributed by atoms with Gasteiger partial charge in [-0.25, -0.2) is 4.79 Å². The van der Waals surface area contributed by atoms with Gasteiger partial charge in [0.15, 0.2) is 12.2 Å². The van der Waals surface area contributed by atoms with Gasteiger partial charge >= 0.3 is 5.97 Å². The zero-order valence-corrected chi connectivity index (χ0v) is 20.3. The largest absolute Gasteiger partial charge is 0.489 e. The Bertz CT molecular complexity index is 963. The lowest BCUT2D eigenvalue weighted by molar-refractivity contribution is -0.175. The molecule has 0 aliphatic rings. The second kappa shape index (κ2) is 13.2. The van der Waals surface area contributed by atoms with E-state index >= 15 is 0 Å². The van der Waals surface area contributed by atoms with Crippen LogP contribution in [0.3, 0.4) is 0 Å². The first-order valence-corrected chi connectivity index (χ1v) is 11.5. The molecule has 5 N–H and O–H groups in total. The van der Waals surface area contributed by atoms with Crippen LogP contribution in [0.4, 0.5) is 0 Å². The maximum Gasteiger partial charge on any atom is 0.335 e. The molecule has 1 amide bonds. The summed E-state index contributed by atoms with van der Waals surface area (Å²) in [6, 6.07) is 14.7. The van der Waals surface area contributed by atoms with Gasteiger partial charge in [0.1, 0.15) is 12.4 Å². The van der Waals surface area contributed by atoms with Crippen molar-refractivity contribution >= 4 is 11.9 Å². The number of aliphatic hydroxyl groups excluding tert-OH is 3. The molecule has 0 radical (unpaired) electrons. The monoisotopic (exact) mass is 489 g/mol. The molecular weight excluding hydrogens is 454 g/mol. The Morgan fingerprint density at radius 3 is 2.37 bits per heavy atom. The summed E-state index contributed by atoms with van der Waals surface area (Å²) >= 11 is 0. The third kappa shape index (κ3) is 8.63. The Morgan fingerprint density at radius 1 is 1.09 bits per heavy atom. The second-order valence-corrected chi connectivity index (χ2v) is 8.83. The van der Waals surface area contributed by atoms with Crippen molar-refractivity contribution in [3.05, 3.63) is 65.2 Å². The number of carboxylic acids is 1. The van der Waals surface area contributed by atoms with Crippen LogP contribution in [-0.4, -0.2) is 56.7 Å². The van der Waals surface area contributed by atoms with E-state index in [4.69, 9.17) is 14.6 Å². The average Bonchev–Trinajstić information content (AvgIpc) is 2.84. The Kier molecular flexibility index (Phi) is 10.7. The number of likely N-dealkylation sites (N-methyl/N-ethyl adjacent to an activating group) is 1. The lowest BCUT2D eigenvalue weighted by Crippen LogP contribution is -2.50. The summed E-state index contributed by atoms with van der Waals surface area (Å²) in [5.74, 6) is -1.78. The first-order chi connectivity index (χ1) is 16.6. The highest BCUT2D eigenvalue weighted by Gasteiger charge is 2.37. The lowest BCUT2D eigenvalue weighted by atomic mass is 9.95. The maximum atomic E-state index is 12.2. The Balaban J connectivity index is 2.03. The van der Waals surface area contributed by atoms with Crippen LogP contribution in [0.25, 0.3) is 0 Å². The van der Waals surface area contributed by atoms with Gasteiger partial charge in [-0.3, -0.25) is 4.79 Å². The number of carbonyl (C=O) groups excluding carboxylic acids is 1. The second-order valence-electron chi connectivity index (χ2n) is 8.83. The molecular formula is C26H35NO8. The van der Waals surface area contributed by atoms with Crippen molar-refractivity contribution < 1.29 is 39.5 Å². The number of hydrogen-bond donors (Lipinski definition) is 5. The predicted molar refractivity (Wildman–Crippen MR) is 129 cm³/mol. The smallest absolute Gasteiger partial charge is 0.335 e. The standard InChI is InChI=1S/C26H35NO8/c1-4-27-24(31)23(22(30)25(32)33)35-26(2,3)13-12-20(29)18-10-11-21(19(14-18)15-28)34-16-17-8-6-5-7-9-17/h5-11,14,20,22-23,28-30H,4,12-13,15-16H2,1-3H3,(H,27,31)(H,32,33)/t20-,22?,23?/m1/s1. The normalized spacial score (nSPS) is 14.1. The van der Waals surface area contributed by atoms with Gasteiger partial charge in [-0.05, 0) is 56.9 Å². The molecule has 0 bridgehead atoms. The van der Waals surface area contributed by atoms with Crippen molar-refractivity contribution in [3.63, 3.8) is 0 Å². The molecule has 2 rings (SSSR count). The molecule has 0 saturated heterocycles. The topological polar surface area (TPSA) is 146 Å². The van der Waals surface area contributed by atoms with E-state index in [0.717, 1.165) is 5.56 Å². The SMILES string of the molecule is CCNC(=O)C(OC(C)(C)CC[C@@H](O)c1ccc(OCc2ccccc2)c(CO)c1)C(O)C(=O)O. The minimum Gasteiger partial charge on any atom is -0.489 e. The highest BCUT2D eigenvalue weighted by molar-refractivity contribution is 5.87. The average molecular weight is 490 g/mol. The maximum absolute atomic E-state index is 12.2. The van der Waals surface area contributed by atoms with Gasteiger partial charge in [-0.2, -0.15) is 0 Å². The number of hydrogen-bond acceptors (Lipinski definition) is 7. The highest BCUT2D eigenvalue weighted by Crippen LogP contribution is 2.30. The Hall–Kier alpha value is -2.98. The molecule has 2 aromatic rings. The summed E-state index contributed by atoms with van der Waals surface area (Å²) in [4.78, 5) is 23.4. The molecule has 0 aromatic heterocycles. The number of aliphatic hydroxyl groups is 3. The molecule has 35 heavy (non-hydrogen) atoms. The molecule has 0 spiro atoms. The van der Waals surface area contributed by atoms with Crippen LogP contribution in [0.15, 0.2) is 48.5 Å². The molecule has 192 valence electrons. The van der Waals surface area contributed by atoms with E-state index in [0.29, 0.717) is 23.5 Å². The zero-order chi connectivity index (χ0) is 26.0. The number of benzene rings is 2. The number of aliphatic carboxylic acids is 1. The van der Waals surface area contributed by atoms with Crippen molar-refractivity contribution in [3.8, 4) is 5.75 Å². The third-order valence-electron chi connectivity index (χ3n) is 5.49. The molecule has 0 fully saturated rings. The van der Waals surface area contributed by atoms with Crippen LogP contribution in [0, 0.1) is 0 Å². The number of rotatable bonds is 14. The van der Waals surface area contributed by atoms with E-state index < -0.39 is 35.8 Å². The van der Waals surface area contributed by atoms with E-state index in [1.807, 2.05) is 30.3 Å². The van der Waals surface area contributed by atoms with Crippen molar-refractivity contribution in [1.29, 1.82) is 0 Å². The van der Waals surface area contributed by atoms with Gasteiger partial charge in [0, 0.05) is 12.1 Å². The lowest BCUT2D eigenvalue weighted by Gasteiger charge is -2.32. The predicted octanol–water partition coefficient (Wildman–Crippen LogP) is 2.32. The molecule has 9 nitrogen and oxygen atoms in total. The van der Waals surface area contributed by atoms with E-state index in [2.05, 4.69) is 5.32 Å². The van der Waals surface area contributed by atoms with Crippen molar-refractivity contribution in [2.75, 3.05) is 6.54 Å². The third-order valence-corrected chi connectivity index (χ3v) is 5.49. The molecule has 0 aliphatic carbocycles. The van der Waals surface area contributed by atoms with Crippen LogP contribution in [0.2, 0.25) is 0 Å². The quantitative estimate of drug-likeness (QED) is 0.272. The van der Waals surface area contributed by atoms with Crippen molar-refractivity contribution in [1.82, 2.24) is 5.32 Å². The number of nitrogens with one attached hydrogen (secondary N) is 1. The van der Waals surface area contributed by atoms with E-state index in [1.165, 1.54) is 0 Å². The van der Waals surface area contributed by atoms with Gasteiger partial charge in [-0.1, -0.05) is 36.4 Å². The molecule has 2 unspecified atom stereocenters. The van der Waals surface area contributed by atoms with Crippen molar-refractivity contribution in [2.24, 2.45) is 0 Å². The van der Waals surface area contributed by atoms with Crippen molar-refractivity contribution in [2.45, 2.75) is 70.7 Å². The number of ether oxygens (including phenoxy) is 2. The molecule has 9 heteroatoms. The van der Waals surface area contributed by atoms with Crippen LogP contribution in [-0.2, 0) is 27.5 Å². The molecule has 0 heterocycles. The minimum absolute atomic E-state index is 0.230. The summed E-state index contributed by atoms with van der Waals surface area (Å²) in [6.45, 7) is 5.31. The number of amides is 1. The zero-order valence-electron chi connectivity index (χ0n) is 20.3. The molecule has 0 aliphatic heterocycles. The first kappa shape index (κ1) is 28.3. The molecule has 2 aromatic carbocycles. The van der Waals surface area contributed by atoms with E-state index in [9.17, 15) is 24.9 Å². The Labute approximate surface area is 205 Å². The summed E-state index contributed by atoms with van der Waals surface area (Å²) in [7, 11) is 0. The van der Waals surface area contributed by atoms with E-state index in [1.54, 1.807) is 39.0 Å². The van der Waals surface area contributed by atoms with Crippen LogP contribution in [0.5, 0.6) is 5.75 Å². The summed E-state index contributed by atoms with van der Waals surface area (Å²) in [5.41, 5.74) is 1.07. The van der Waals surface area contributed by atoms with Crippen LogP contribution < -0.4 is 10.1 Å². The minimum atomic E-state index is -2.03. The van der Waals surface area contributed by atoms with Gasteiger partial charge in [0.05, 0.1) is 18.3 Å². The fraction of sp³-hybridized carbons (Fsp3) is 0.462. The Morgan fingerprint density at radius 2 is 1.77 bits per heavy atom. The van der Waals surface area contributed by atoms with Gasteiger partial charge in [0.2, 0.25) is 0 Å². The summed E-state index contributed by atoms with van der Waals surface area (Å²) in [5, 5.41) is 42.0. The molecule has 3 atom stereocenters. The fourth-order valence-corrected chi connectivity index (χ4v) is 3.53. The molecule has 0 saturated carbocycles. The van der Waals surface area contributed by atoms with Crippen LogP contribution >= 0.6 is 0 Å². The number of carboxylic acid groups (broad SMARTS) is 1. The number of carbonyl (C=O) groups is 2. The van der Waals surface area contributed by atoms with Gasteiger partial charge in [0.25, 0.3) is 5.91 Å². The fourth-order valence-electron chi connectivity index (χ4n) is 3.53. The summed E-state index contributed by atoms with van der Waals surface area (Å²) in [6.07, 6.45) is -4.04. The van der Waals surface area contributed by atoms with E-state index in [-0.39, 0.29) is 26.0 Å². The highest BCUT2D eigenvalue weighted by atomic mass is 16.5. The van der Waals surface area contributed by atoms with Gasteiger partial charge < -0.3 is 35.2 Å². The van der Waals surface area contributed by atoms with Gasteiger partial charge in [-0.15, -0.1) is 0 Å². The first-order valence-electron chi connectivity index (χ1n) is 11.5.